The Morgan fingerprint density at radius 1 is 1.09 bits per heavy atom. The molecule has 0 atom stereocenters. The summed E-state index contributed by atoms with van der Waals surface area (Å²) in [7, 11) is 0. The van der Waals surface area contributed by atoms with Crippen LogP contribution in [0.5, 0.6) is 11.5 Å². The van der Waals surface area contributed by atoms with Crippen molar-refractivity contribution >= 4 is 22.9 Å². The Labute approximate surface area is 181 Å². The molecule has 10 heteroatoms. The van der Waals surface area contributed by atoms with E-state index in [0.29, 0.717) is 28.4 Å². The first-order valence-electron chi connectivity index (χ1n) is 9.87. The third-order valence-electron chi connectivity index (χ3n) is 4.99. The van der Waals surface area contributed by atoms with Crippen LogP contribution in [0.15, 0.2) is 65.6 Å². The Morgan fingerprint density at radius 3 is 2.84 bits per heavy atom. The second kappa shape index (κ2) is 8.06. The molecule has 0 radical (unpaired) electrons. The Bertz CT molecular complexity index is 1380. The Kier molecular flexibility index (Phi) is 4.94. The number of anilines is 2. The quantitative estimate of drug-likeness (QED) is 0.483. The van der Waals surface area contributed by atoms with E-state index in [4.69, 9.17) is 9.47 Å². The lowest BCUT2D eigenvalue weighted by atomic mass is 10.2. The smallest absolute Gasteiger partial charge is 0.350 e. The van der Waals surface area contributed by atoms with Crippen molar-refractivity contribution in [3.63, 3.8) is 0 Å². The van der Waals surface area contributed by atoms with Gasteiger partial charge in [-0.05, 0) is 48.5 Å². The molecule has 4 aromatic rings. The highest BCUT2D eigenvalue weighted by molar-refractivity contribution is 6.04. The fraction of sp³-hybridized carbons (Fsp3) is 0.136. The van der Waals surface area contributed by atoms with E-state index in [0.717, 1.165) is 0 Å². The van der Waals surface area contributed by atoms with Crippen molar-refractivity contribution in [2.75, 3.05) is 24.0 Å². The van der Waals surface area contributed by atoms with Crippen molar-refractivity contribution < 1.29 is 18.7 Å². The van der Waals surface area contributed by atoms with Gasteiger partial charge in [0.15, 0.2) is 17.1 Å². The molecule has 0 saturated heterocycles. The van der Waals surface area contributed by atoms with Gasteiger partial charge in [0.1, 0.15) is 5.82 Å². The van der Waals surface area contributed by atoms with Crippen molar-refractivity contribution in [3.8, 4) is 11.5 Å². The first-order chi connectivity index (χ1) is 15.6. The average molecular weight is 435 g/mol. The summed E-state index contributed by atoms with van der Waals surface area (Å²) >= 11 is 0. The van der Waals surface area contributed by atoms with Crippen LogP contribution in [0.25, 0.3) is 5.65 Å². The van der Waals surface area contributed by atoms with Crippen LogP contribution in [-0.4, -0.2) is 33.4 Å². The SMILES string of the molecule is O=C(Nc1ccc(F)c(NCCn2nc3ccccn3c2=O)c1)c1ccc2c(c1)OCO2. The van der Waals surface area contributed by atoms with Crippen LogP contribution < -0.4 is 25.8 Å². The molecule has 162 valence electrons. The van der Waals surface area contributed by atoms with Gasteiger partial charge in [0, 0.05) is 24.0 Å². The van der Waals surface area contributed by atoms with Crippen molar-refractivity contribution in [2.24, 2.45) is 0 Å². The number of pyridine rings is 1. The van der Waals surface area contributed by atoms with Crippen molar-refractivity contribution in [1.82, 2.24) is 14.2 Å². The van der Waals surface area contributed by atoms with Gasteiger partial charge in [-0.3, -0.25) is 9.20 Å². The number of benzene rings is 2. The minimum Gasteiger partial charge on any atom is -0.454 e. The van der Waals surface area contributed by atoms with E-state index in [9.17, 15) is 14.0 Å². The summed E-state index contributed by atoms with van der Waals surface area (Å²) < 4.78 is 27.5. The molecule has 0 unspecified atom stereocenters. The average Bonchev–Trinajstić information content (AvgIpc) is 3.40. The van der Waals surface area contributed by atoms with Crippen LogP contribution in [0.4, 0.5) is 15.8 Å². The maximum atomic E-state index is 14.3. The molecular weight excluding hydrogens is 417 g/mol. The van der Waals surface area contributed by atoms with E-state index in [1.54, 1.807) is 42.6 Å². The number of aromatic nitrogens is 3. The van der Waals surface area contributed by atoms with Gasteiger partial charge >= 0.3 is 5.69 Å². The summed E-state index contributed by atoms with van der Waals surface area (Å²) in [6, 6.07) is 14.4. The molecule has 0 spiro atoms. The minimum atomic E-state index is -0.478. The van der Waals surface area contributed by atoms with Crippen LogP contribution in [0, 0.1) is 5.82 Å². The summed E-state index contributed by atoms with van der Waals surface area (Å²) in [6.45, 7) is 0.627. The van der Waals surface area contributed by atoms with E-state index < -0.39 is 5.82 Å². The van der Waals surface area contributed by atoms with Crippen molar-refractivity contribution in [1.29, 1.82) is 0 Å². The number of rotatable bonds is 6. The Balaban J connectivity index is 1.26. The second-order valence-corrected chi connectivity index (χ2v) is 7.08. The minimum absolute atomic E-state index is 0.120. The first kappa shape index (κ1) is 19.6. The molecule has 2 aromatic carbocycles. The number of amides is 1. The molecule has 0 fully saturated rings. The molecule has 2 aromatic heterocycles. The molecule has 1 aliphatic heterocycles. The number of hydrogen-bond acceptors (Lipinski definition) is 6. The number of ether oxygens (including phenoxy) is 2. The highest BCUT2D eigenvalue weighted by Crippen LogP contribution is 2.32. The zero-order valence-corrected chi connectivity index (χ0v) is 16.7. The Morgan fingerprint density at radius 2 is 1.97 bits per heavy atom. The number of nitrogens with one attached hydrogen (secondary N) is 2. The molecule has 0 saturated carbocycles. The summed E-state index contributed by atoms with van der Waals surface area (Å²) in [5.41, 5.74) is 1.27. The molecule has 2 N–H and O–H groups in total. The third kappa shape index (κ3) is 3.73. The maximum Gasteiger partial charge on any atom is 0.350 e. The maximum absolute atomic E-state index is 14.3. The Hall–Kier alpha value is -4.34. The van der Waals surface area contributed by atoms with E-state index in [1.807, 2.05) is 0 Å². The van der Waals surface area contributed by atoms with Crippen LogP contribution >= 0.6 is 0 Å². The molecular formula is C22H18FN5O4. The summed E-state index contributed by atoms with van der Waals surface area (Å²) in [5.74, 6) is 0.242. The van der Waals surface area contributed by atoms with Gasteiger partial charge in [0.25, 0.3) is 5.91 Å². The predicted octanol–water partition coefficient (Wildman–Crippen LogP) is 2.73. The second-order valence-electron chi connectivity index (χ2n) is 7.08. The molecule has 0 aliphatic carbocycles. The van der Waals surface area contributed by atoms with Crippen LogP contribution in [-0.2, 0) is 6.54 Å². The lowest BCUT2D eigenvalue weighted by Crippen LogP contribution is -2.24. The molecule has 32 heavy (non-hydrogen) atoms. The fourth-order valence-corrected chi connectivity index (χ4v) is 3.39. The van der Waals surface area contributed by atoms with Crippen LogP contribution in [0.3, 0.4) is 0 Å². The van der Waals surface area contributed by atoms with Crippen LogP contribution in [0.2, 0.25) is 0 Å². The number of carbonyl (C=O) groups excluding carboxylic acids is 1. The third-order valence-corrected chi connectivity index (χ3v) is 4.99. The van der Waals surface area contributed by atoms with Crippen molar-refractivity contribution in [2.45, 2.75) is 6.54 Å². The van der Waals surface area contributed by atoms with Gasteiger partial charge in [-0.2, -0.15) is 0 Å². The number of halogens is 1. The zero-order chi connectivity index (χ0) is 22.1. The van der Waals surface area contributed by atoms with Gasteiger partial charge in [-0.15, -0.1) is 5.10 Å². The van der Waals surface area contributed by atoms with E-state index in [-0.39, 0.29) is 37.2 Å². The fourth-order valence-electron chi connectivity index (χ4n) is 3.39. The number of hydrogen-bond donors (Lipinski definition) is 2. The van der Waals surface area contributed by atoms with E-state index in [2.05, 4.69) is 15.7 Å². The van der Waals surface area contributed by atoms with Gasteiger partial charge in [0.05, 0.1) is 12.2 Å². The predicted molar refractivity (Wildman–Crippen MR) is 115 cm³/mol. The lowest BCUT2D eigenvalue weighted by Gasteiger charge is -2.11. The first-order valence-corrected chi connectivity index (χ1v) is 9.87. The zero-order valence-electron chi connectivity index (χ0n) is 16.7. The van der Waals surface area contributed by atoms with Gasteiger partial charge in [-0.1, -0.05) is 6.07 Å². The van der Waals surface area contributed by atoms with Crippen LogP contribution in [0.1, 0.15) is 10.4 Å². The number of carbonyl (C=O) groups is 1. The molecule has 9 nitrogen and oxygen atoms in total. The number of fused-ring (bicyclic) bond motifs is 2. The van der Waals surface area contributed by atoms with E-state index in [1.165, 1.54) is 27.3 Å². The van der Waals surface area contributed by atoms with Gasteiger partial charge < -0.3 is 20.1 Å². The topological polar surface area (TPSA) is 98.9 Å². The monoisotopic (exact) mass is 435 g/mol. The van der Waals surface area contributed by atoms with E-state index >= 15 is 0 Å². The largest absolute Gasteiger partial charge is 0.454 e. The van der Waals surface area contributed by atoms with Crippen molar-refractivity contribution in [3.05, 3.63) is 82.7 Å². The highest BCUT2D eigenvalue weighted by atomic mass is 19.1. The molecule has 3 heterocycles. The van der Waals surface area contributed by atoms with Gasteiger partial charge in [-0.25, -0.2) is 13.9 Å². The highest BCUT2D eigenvalue weighted by Gasteiger charge is 2.16. The summed E-state index contributed by atoms with van der Waals surface area (Å²) in [4.78, 5) is 24.9. The molecule has 5 rings (SSSR count). The van der Waals surface area contributed by atoms with Gasteiger partial charge in [0.2, 0.25) is 6.79 Å². The summed E-state index contributed by atoms with van der Waals surface area (Å²) in [6.07, 6.45) is 1.64. The summed E-state index contributed by atoms with van der Waals surface area (Å²) in [5, 5.41) is 9.93. The molecule has 0 bridgehead atoms. The number of nitrogens with zero attached hydrogens (tertiary/aromatic N) is 3. The normalized spacial score (nSPS) is 12.2. The molecule has 1 amide bonds. The lowest BCUT2D eigenvalue weighted by molar-refractivity contribution is 0.102. The standard InChI is InChI=1S/C22H18FN5O4/c23-16-6-5-15(25-21(29)14-4-7-18-19(11-14)32-13-31-18)12-17(16)24-8-10-28-22(30)27-9-2-1-3-20(27)26-28/h1-7,9,11-12,24H,8,10,13H2,(H,25,29). The molecule has 1 aliphatic rings.